The zero-order valence-electron chi connectivity index (χ0n) is 20.0. The highest BCUT2D eigenvalue weighted by Crippen LogP contribution is 2.35. The molecular weight excluding hydrogens is 434 g/mol. The molecule has 8 nitrogen and oxygen atoms in total. The van der Waals surface area contributed by atoms with Crippen LogP contribution < -0.4 is 24.3 Å². The van der Waals surface area contributed by atoms with Crippen molar-refractivity contribution < 1.29 is 23.7 Å². The van der Waals surface area contributed by atoms with E-state index in [4.69, 9.17) is 18.9 Å². The fraction of sp³-hybridized carbons (Fsp3) is 0.500. The number of nitrogens with zero attached hydrogens (tertiary/aromatic N) is 2. The van der Waals surface area contributed by atoms with Crippen molar-refractivity contribution in [3.8, 4) is 23.0 Å². The van der Waals surface area contributed by atoms with Gasteiger partial charge in [-0.25, -0.2) is 0 Å². The maximum atomic E-state index is 12.7. The van der Waals surface area contributed by atoms with E-state index in [-0.39, 0.29) is 12.0 Å². The number of fused-ring (bicyclic) bond motifs is 2. The molecule has 0 aliphatic carbocycles. The van der Waals surface area contributed by atoms with Crippen LogP contribution in [-0.2, 0) is 24.3 Å². The first-order valence-corrected chi connectivity index (χ1v) is 12.1. The van der Waals surface area contributed by atoms with E-state index in [0.717, 1.165) is 67.7 Å². The third kappa shape index (κ3) is 5.23. The molecule has 3 heterocycles. The zero-order valence-corrected chi connectivity index (χ0v) is 20.0. The number of nitrogens with one attached hydrogen (secondary N) is 1. The van der Waals surface area contributed by atoms with E-state index in [1.165, 1.54) is 11.1 Å². The number of carbonyl (C=O) groups is 1. The number of benzene rings is 2. The summed E-state index contributed by atoms with van der Waals surface area (Å²) >= 11 is 0. The normalized spacial score (nSPS) is 19.5. The first kappa shape index (κ1) is 22.8. The molecule has 0 unspecified atom stereocenters. The van der Waals surface area contributed by atoms with E-state index in [0.29, 0.717) is 26.5 Å². The average Bonchev–Trinajstić information content (AvgIpc) is 3.43. The summed E-state index contributed by atoms with van der Waals surface area (Å²) in [5.74, 6) is 3.40. The van der Waals surface area contributed by atoms with Crippen molar-refractivity contribution in [3.05, 3.63) is 47.0 Å². The van der Waals surface area contributed by atoms with E-state index in [9.17, 15) is 4.79 Å². The van der Waals surface area contributed by atoms with E-state index in [1.54, 1.807) is 0 Å². The molecule has 2 aromatic carbocycles. The lowest BCUT2D eigenvalue weighted by molar-refractivity contribution is -0.122. The quantitative estimate of drug-likeness (QED) is 0.640. The van der Waals surface area contributed by atoms with Crippen molar-refractivity contribution in [1.29, 1.82) is 0 Å². The monoisotopic (exact) mass is 467 g/mol. The first-order valence-electron chi connectivity index (χ1n) is 12.1. The lowest BCUT2D eigenvalue weighted by atomic mass is 10.1. The minimum Gasteiger partial charge on any atom is -0.494 e. The third-order valence-electron chi connectivity index (χ3n) is 6.53. The first-order chi connectivity index (χ1) is 16.6. The molecule has 1 saturated heterocycles. The summed E-state index contributed by atoms with van der Waals surface area (Å²) in [5.41, 5.74) is 3.34. The van der Waals surface area contributed by atoms with Gasteiger partial charge in [0.05, 0.1) is 13.2 Å². The molecule has 3 aliphatic heterocycles. The molecule has 0 radical (unpaired) electrons. The molecule has 3 aliphatic rings. The SMILES string of the molecule is CCOc1cc2c(cc1CNC(=O)CN1CCN(Cc3ccc4c(c3)OCO4)CC1)O[C@H](C)C2. The highest BCUT2D eigenvalue weighted by Gasteiger charge is 2.23. The van der Waals surface area contributed by atoms with Crippen molar-refractivity contribution in [2.45, 2.75) is 39.5 Å². The van der Waals surface area contributed by atoms with Crippen LogP contribution in [0.5, 0.6) is 23.0 Å². The van der Waals surface area contributed by atoms with Gasteiger partial charge >= 0.3 is 0 Å². The Kier molecular flexibility index (Phi) is 6.78. The van der Waals surface area contributed by atoms with Gasteiger partial charge in [0, 0.05) is 56.8 Å². The van der Waals surface area contributed by atoms with Crippen molar-refractivity contribution in [2.24, 2.45) is 0 Å². The lowest BCUT2D eigenvalue weighted by Crippen LogP contribution is -2.49. The average molecular weight is 468 g/mol. The van der Waals surface area contributed by atoms with Gasteiger partial charge in [0.1, 0.15) is 17.6 Å². The molecule has 0 aromatic heterocycles. The van der Waals surface area contributed by atoms with Crippen LogP contribution in [0.3, 0.4) is 0 Å². The fourth-order valence-electron chi connectivity index (χ4n) is 4.77. The van der Waals surface area contributed by atoms with Crippen molar-refractivity contribution in [3.63, 3.8) is 0 Å². The van der Waals surface area contributed by atoms with E-state index in [2.05, 4.69) is 40.2 Å². The molecule has 34 heavy (non-hydrogen) atoms. The molecule has 0 spiro atoms. The second kappa shape index (κ2) is 10.1. The Hall–Kier alpha value is -2.97. The Balaban J connectivity index is 1.09. The van der Waals surface area contributed by atoms with Crippen LogP contribution >= 0.6 is 0 Å². The van der Waals surface area contributed by atoms with Crippen LogP contribution in [0.15, 0.2) is 30.3 Å². The summed E-state index contributed by atoms with van der Waals surface area (Å²) in [6.45, 7) is 10.2. The van der Waals surface area contributed by atoms with Gasteiger partial charge in [0.25, 0.3) is 0 Å². The summed E-state index contributed by atoms with van der Waals surface area (Å²) in [4.78, 5) is 17.3. The molecule has 1 fully saturated rings. The van der Waals surface area contributed by atoms with Crippen molar-refractivity contribution in [2.75, 3.05) is 46.1 Å². The van der Waals surface area contributed by atoms with Gasteiger partial charge in [0.15, 0.2) is 11.5 Å². The summed E-state index contributed by atoms with van der Waals surface area (Å²) in [6.07, 6.45) is 1.07. The maximum absolute atomic E-state index is 12.7. The van der Waals surface area contributed by atoms with Crippen LogP contribution in [0.25, 0.3) is 0 Å². The molecule has 1 N–H and O–H groups in total. The number of hydrogen-bond acceptors (Lipinski definition) is 7. The van der Waals surface area contributed by atoms with Crippen LogP contribution in [0.1, 0.15) is 30.5 Å². The lowest BCUT2D eigenvalue weighted by Gasteiger charge is -2.34. The van der Waals surface area contributed by atoms with Gasteiger partial charge in [-0.05, 0) is 43.7 Å². The Labute approximate surface area is 200 Å². The number of carbonyl (C=O) groups excluding carboxylic acids is 1. The second-order valence-corrected chi connectivity index (χ2v) is 9.15. The highest BCUT2D eigenvalue weighted by atomic mass is 16.7. The number of amides is 1. The molecule has 1 atom stereocenters. The Morgan fingerprint density at radius 2 is 1.85 bits per heavy atom. The summed E-state index contributed by atoms with van der Waals surface area (Å²) < 4.78 is 22.6. The van der Waals surface area contributed by atoms with Crippen LogP contribution in [-0.4, -0.2) is 67.9 Å². The topological polar surface area (TPSA) is 72.5 Å². The van der Waals surface area contributed by atoms with Crippen molar-refractivity contribution >= 4 is 5.91 Å². The Morgan fingerprint density at radius 3 is 2.68 bits per heavy atom. The van der Waals surface area contributed by atoms with Gasteiger partial charge in [-0.1, -0.05) is 6.07 Å². The van der Waals surface area contributed by atoms with Gasteiger partial charge in [-0.2, -0.15) is 0 Å². The number of hydrogen-bond donors (Lipinski definition) is 1. The third-order valence-corrected chi connectivity index (χ3v) is 6.53. The standard InChI is InChI=1S/C26H33N3O5/c1-3-31-23-12-20-10-18(2)34-24(20)13-21(23)14-27-26(30)16-29-8-6-28(7-9-29)15-19-4-5-22-25(11-19)33-17-32-22/h4-5,11-13,18H,3,6-10,14-17H2,1-2H3,(H,27,30)/t18-/m1/s1. The molecule has 182 valence electrons. The van der Waals surface area contributed by atoms with E-state index < -0.39 is 0 Å². The van der Waals surface area contributed by atoms with E-state index >= 15 is 0 Å². The predicted octanol–water partition coefficient (Wildman–Crippen LogP) is 2.57. The Morgan fingerprint density at radius 1 is 1.06 bits per heavy atom. The predicted molar refractivity (Wildman–Crippen MR) is 128 cm³/mol. The van der Waals surface area contributed by atoms with Crippen LogP contribution in [0, 0.1) is 0 Å². The van der Waals surface area contributed by atoms with Crippen LogP contribution in [0.2, 0.25) is 0 Å². The number of ether oxygens (including phenoxy) is 4. The van der Waals surface area contributed by atoms with Gasteiger partial charge < -0.3 is 24.3 Å². The Bertz CT molecular complexity index is 1040. The molecule has 5 rings (SSSR count). The largest absolute Gasteiger partial charge is 0.494 e. The highest BCUT2D eigenvalue weighted by molar-refractivity contribution is 5.78. The summed E-state index contributed by atoms with van der Waals surface area (Å²) in [7, 11) is 0. The molecule has 8 heteroatoms. The van der Waals surface area contributed by atoms with Gasteiger partial charge in [-0.3, -0.25) is 14.6 Å². The fourth-order valence-corrected chi connectivity index (χ4v) is 4.77. The maximum Gasteiger partial charge on any atom is 0.234 e. The van der Waals surface area contributed by atoms with Gasteiger partial charge in [-0.15, -0.1) is 0 Å². The smallest absolute Gasteiger partial charge is 0.234 e. The number of piperazine rings is 1. The summed E-state index contributed by atoms with van der Waals surface area (Å²) in [6, 6.07) is 10.2. The summed E-state index contributed by atoms with van der Waals surface area (Å²) in [5, 5.41) is 3.07. The molecule has 2 aromatic rings. The number of rotatable bonds is 8. The minimum atomic E-state index is 0.0291. The zero-order chi connectivity index (χ0) is 23.5. The molecule has 0 saturated carbocycles. The molecular formula is C26H33N3O5. The second-order valence-electron chi connectivity index (χ2n) is 9.15. The van der Waals surface area contributed by atoms with Crippen molar-refractivity contribution in [1.82, 2.24) is 15.1 Å². The van der Waals surface area contributed by atoms with E-state index in [1.807, 2.05) is 19.1 Å². The van der Waals surface area contributed by atoms with Gasteiger partial charge in [0.2, 0.25) is 12.7 Å². The minimum absolute atomic E-state index is 0.0291. The molecule has 1 amide bonds. The molecule has 0 bridgehead atoms. The van der Waals surface area contributed by atoms with Crippen LogP contribution in [0.4, 0.5) is 0 Å².